The van der Waals surface area contributed by atoms with Gasteiger partial charge in [0, 0.05) is 0 Å². The summed E-state index contributed by atoms with van der Waals surface area (Å²) in [6.07, 6.45) is 1.95. The van der Waals surface area contributed by atoms with Crippen LogP contribution in [0.15, 0.2) is 36.9 Å². The number of aliphatic carboxylic acids is 1. The molecule has 0 bridgehead atoms. The number of hydrogen-bond acceptors (Lipinski definition) is 3. The number of hydrogen-bond donors (Lipinski definition) is 2. The minimum absolute atomic E-state index is 0.165. The van der Waals surface area contributed by atoms with Crippen molar-refractivity contribution in [2.45, 2.75) is 26.3 Å². The van der Waals surface area contributed by atoms with Crippen LogP contribution in [-0.2, 0) is 4.79 Å². The van der Waals surface area contributed by atoms with Gasteiger partial charge in [0.1, 0.15) is 18.4 Å². The van der Waals surface area contributed by atoms with Crippen LogP contribution in [-0.4, -0.2) is 29.6 Å². The summed E-state index contributed by atoms with van der Waals surface area (Å²) >= 11 is 0. The lowest BCUT2D eigenvalue weighted by Crippen LogP contribution is -2.41. The minimum Gasteiger partial charge on any atom is -0.489 e. The van der Waals surface area contributed by atoms with E-state index in [0.29, 0.717) is 17.7 Å². The maximum Gasteiger partial charge on any atom is 0.326 e. The van der Waals surface area contributed by atoms with Gasteiger partial charge in [-0.25, -0.2) is 4.79 Å². The monoisotopic (exact) mass is 291 g/mol. The molecule has 0 heterocycles. The molecule has 0 saturated heterocycles. The number of carbonyl (C=O) groups excluding carboxylic acids is 1. The molecule has 1 atom stereocenters. The van der Waals surface area contributed by atoms with E-state index >= 15 is 0 Å². The second-order valence-corrected chi connectivity index (χ2v) is 5.09. The van der Waals surface area contributed by atoms with E-state index in [1.807, 2.05) is 13.8 Å². The summed E-state index contributed by atoms with van der Waals surface area (Å²) in [7, 11) is 0. The van der Waals surface area contributed by atoms with Gasteiger partial charge in [-0.3, -0.25) is 4.79 Å². The van der Waals surface area contributed by atoms with Crippen molar-refractivity contribution in [1.29, 1.82) is 0 Å². The van der Waals surface area contributed by atoms with E-state index in [1.165, 1.54) is 0 Å². The molecule has 0 radical (unpaired) electrons. The standard InChI is InChI=1S/C16H21NO4/c1-4-9-21-14-8-6-5-7-12(14)15(18)17-13(16(19)20)10-11(2)3/h4-8,11,13H,1,9-10H2,2-3H3,(H,17,18)(H,19,20). The molecule has 21 heavy (non-hydrogen) atoms. The molecular formula is C16H21NO4. The number of ether oxygens (including phenoxy) is 1. The predicted octanol–water partition coefficient (Wildman–Crippen LogP) is 2.48. The first-order chi connectivity index (χ1) is 9.95. The summed E-state index contributed by atoms with van der Waals surface area (Å²) in [5.41, 5.74) is 0.314. The third-order valence-electron chi connectivity index (χ3n) is 2.80. The quantitative estimate of drug-likeness (QED) is 0.721. The Morgan fingerprint density at radius 2 is 2.05 bits per heavy atom. The third kappa shape index (κ3) is 5.30. The van der Waals surface area contributed by atoms with Crippen molar-refractivity contribution < 1.29 is 19.4 Å². The fraction of sp³-hybridized carbons (Fsp3) is 0.375. The van der Waals surface area contributed by atoms with Crippen molar-refractivity contribution in [1.82, 2.24) is 5.32 Å². The molecule has 0 aromatic heterocycles. The highest BCUT2D eigenvalue weighted by molar-refractivity contribution is 5.98. The Labute approximate surface area is 124 Å². The van der Waals surface area contributed by atoms with E-state index in [-0.39, 0.29) is 12.5 Å². The molecule has 0 aliphatic heterocycles. The summed E-state index contributed by atoms with van der Waals surface area (Å²) in [5, 5.41) is 11.7. The van der Waals surface area contributed by atoms with Crippen molar-refractivity contribution in [2.75, 3.05) is 6.61 Å². The molecule has 0 aliphatic carbocycles. The molecule has 5 heteroatoms. The molecular weight excluding hydrogens is 270 g/mol. The Bertz CT molecular complexity index is 511. The van der Waals surface area contributed by atoms with Crippen molar-refractivity contribution >= 4 is 11.9 Å². The fourth-order valence-electron chi connectivity index (χ4n) is 1.86. The molecule has 0 aliphatic rings. The van der Waals surface area contributed by atoms with Crippen LogP contribution in [0.1, 0.15) is 30.6 Å². The molecule has 1 unspecified atom stereocenters. The third-order valence-corrected chi connectivity index (χ3v) is 2.80. The first-order valence-electron chi connectivity index (χ1n) is 6.82. The summed E-state index contributed by atoms with van der Waals surface area (Å²) in [6, 6.07) is 5.80. The van der Waals surface area contributed by atoms with E-state index in [9.17, 15) is 9.59 Å². The average Bonchev–Trinajstić information content (AvgIpc) is 2.44. The van der Waals surface area contributed by atoms with Gasteiger partial charge in [0.25, 0.3) is 5.91 Å². The van der Waals surface area contributed by atoms with Crippen LogP contribution in [0.5, 0.6) is 5.75 Å². The number of carbonyl (C=O) groups is 2. The molecule has 0 spiro atoms. The second-order valence-electron chi connectivity index (χ2n) is 5.09. The summed E-state index contributed by atoms with van der Waals surface area (Å²) in [5.74, 6) is -0.925. The number of para-hydroxylation sites is 1. The normalized spacial score (nSPS) is 11.8. The molecule has 5 nitrogen and oxygen atoms in total. The molecule has 0 saturated carbocycles. The lowest BCUT2D eigenvalue weighted by molar-refractivity contribution is -0.139. The summed E-state index contributed by atoms with van der Waals surface area (Å²) < 4.78 is 5.40. The predicted molar refractivity (Wildman–Crippen MR) is 80.5 cm³/mol. The Balaban J connectivity index is 2.87. The Morgan fingerprint density at radius 3 is 2.62 bits per heavy atom. The molecule has 1 amide bonds. The highest BCUT2D eigenvalue weighted by Gasteiger charge is 2.23. The minimum atomic E-state index is -1.04. The maximum absolute atomic E-state index is 12.2. The van der Waals surface area contributed by atoms with Crippen molar-refractivity contribution in [3.8, 4) is 5.75 Å². The first-order valence-corrected chi connectivity index (χ1v) is 6.82. The summed E-state index contributed by atoms with van der Waals surface area (Å²) in [6.45, 7) is 7.64. The highest BCUT2D eigenvalue weighted by Crippen LogP contribution is 2.18. The number of amides is 1. The maximum atomic E-state index is 12.2. The van der Waals surface area contributed by atoms with Crippen molar-refractivity contribution in [3.05, 3.63) is 42.5 Å². The Kier molecular flexibility index (Phi) is 6.46. The van der Waals surface area contributed by atoms with Crippen LogP contribution >= 0.6 is 0 Å². The zero-order valence-corrected chi connectivity index (χ0v) is 12.3. The van der Waals surface area contributed by atoms with E-state index in [2.05, 4.69) is 11.9 Å². The summed E-state index contributed by atoms with van der Waals surface area (Å²) in [4.78, 5) is 23.4. The van der Waals surface area contributed by atoms with Gasteiger partial charge in [-0.2, -0.15) is 0 Å². The van der Waals surface area contributed by atoms with Gasteiger partial charge in [0.2, 0.25) is 0 Å². The van der Waals surface area contributed by atoms with Gasteiger partial charge >= 0.3 is 5.97 Å². The molecule has 2 N–H and O–H groups in total. The van der Waals surface area contributed by atoms with Crippen LogP contribution in [0.2, 0.25) is 0 Å². The number of nitrogens with one attached hydrogen (secondary N) is 1. The van der Waals surface area contributed by atoms with E-state index in [4.69, 9.17) is 9.84 Å². The zero-order chi connectivity index (χ0) is 15.8. The largest absolute Gasteiger partial charge is 0.489 e. The zero-order valence-electron chi connectivity index (χ0n) is 12.3. The van der Waals surface area contributed by atoms with Gasteiger partial charge in [-0.1, -0.05) is 38.6 Å². The van der Waals surface area contributed by atoms with Crippen LogP contribution < -0.4 is 10.1 Å². The van der Waals surface area contributed by atoms with E-state index in [1.54, 1.807) is 30.3 Å². The van der Waals surface area contributed by atoms with Gasteiger partial charge in [0.15, 0.2) is 0 Å². The Morgan fingerprint density at radius 1 is 1.38 bits per heavy atom. The van der Waals surface area contributed by atoms with E-state index < -0.39 is 17.9 Å². The topological polar surface area (TPSA) is 75.6 Å². The van der Waals surface area contributed by atoms with Crippen molar-refractivity contribution in [2.24, 2.45) is 5.92 Å². The van der Waals surface area contributed by atoms with Gasteiger partial charge in [-0.05, 0) is 24.5 Å². The van der Waals surface area contributed by atoms with Gasteiger partial charge in [0.05, 0.1) is 5.56 Å². The van der Waals surface area contributed by atoms with Crippen LogP contribution in [0.4, 0.5) is 0 Å². The molecule has 1 rings (SSSR count). The average molecular weight is 291 g/mol. The first kappa shape index (κ1) is 16.8. The van der Waals surface area contributed by atoms with E-state index in [0.717, 1.165) is 0 Å². The van der Waals surface area contributed by atoms with Gasteiger partial charge in [-0.15, -0.1) is 0 Å². The van der Waals surface area contributed by atoms with Crippen LogP contribution in [0.25, 0.3) is 0 Å². The number of carboxylic acid groups (broad SMARTS) is 1. The smallest absolute Gasteiger partial charge is 0.326 e. The molecule has 1 aromatic carbocycles. The highest BCUT2D eigenvalue weighted by atomic mass is 16.5. The molecule has 114 valence electrons. The molecule has 1 aromatic rings. The SMILES string of the molecule is C=CCOc1ccccc1C(=O)NC(CC(C)C)C(=O)O. The number of rotatable bonds is 8. The van der Waals surface area contributed by atoms with Crippen LogP contribution in [0.3, 0.4) is 0 Å². The lowest BCUT2D eigenvalue weighted by atomic mass is 10.0. The van der Waals surface area contributed by atoms with Crippen LogP contribution in [0, 0.1) is 5.92 Å². The van der Waals surface area contributed by atoms with Gasteiger partial charge < -0.3 is 15.2 Å². The Hall–Kier alpha value is -2.30. The lowest BCUT2D eigenvalue weighted by Gasteiger charge is -2.17. The fourth-order valence-corrected chi connectivity index (χ4v) is 1.86. The molecule has 0 fully saturated rings. The number of carboxylic acids is 1. The second kappa shape index (κ2) is 8.09. The van der Waals surface area contributed by atoms with Crippen molar-refractivity contribution in [3.63, 3.8) is 0 Å². The number of benzene rings is 1.